The fraction of sp³-hybridized carbons (Fsp3) is 0.412. The molecule has 1 aromatic carbocycles. The van der Waals surface area contributed by atoms with Gasteiger partial charge in [-0.1, -0.05) is 12.1 Å². The second kappa shape index (κ2) is 7.46. The maximum Gasteiger partial charge on any atom is 0.292 e. The highest BCUT2D eigenvalue weighted by Gasteiger charge is 2.32. The molecule has 8 nitrogen and oxygen atoms in total. The SMILES string of the molecule is CC(=O)c1cccc(S(=O)(=O)N2CCN(C(=O)C3=COCCO3)CC2)c1. The molecule has 9 heteroatoms. The van der Waals surface area contributed by atoms with Crippen LogP contribution in [0.15, 0.2) is 41.2 Å². The summed E-state index contributed by atoms with van der Waals surface area (Å²) in [5.74, 6) is -0.359. The Hall–Kier alpha value is -2.39. The van der Waals surface area contributed by atoms with Crippen LogP contribution >= 0.6 is 0 Å². The number of hydrogen-bond acceptors (Lipinski definition) is 6. The minimum Gasteiger partial charge on any atom is -0.494 e. The van der Waals surface area contributed by atoms with Gasteiger partial charge in [0.25, 0.3) is 5.91 Å². The number of hydrogen-bond donors (Lipinski definition) is 0. The highest BCUT2D eigenvalue weighted by atomic mass is 32.2. The van der Waals surface area contributed by atoms with Crippen LogP contribution < -0.4 is 0 Å². The molecule has 0 N–H and O–H groups in total. The summed E-state index contributed by atoms with van der Waals surface area (Å²) in [6, 6.07) is 5.98. The summed E-state index contributed by atoms with van der Waals surface area (Å²) < 4.78 is 37.3. The van der Waals surface area contributed by atoms with Gasteiger partial charge in [0.15, 0.2) is 5.78 Å². The van der Waals surface area contributed by atoms with Gasteiger partial charge in [0.1, 0.15) is 19.5 Å². The molecule has 1 aromatic rings. The maximum absolute atomic E-state index is 12.8. The third-order valence-electron chi connectivity index (χ3n) is 4.26. The van der Waals surface area contributed by atoms with E-state index in [1.165, 1.54) is 29.6 Å². The molecule has 0 atom stereocenters. The van der Waals surface area contributed by atoms with E-state index in [1.54, 1.807) is 17.0 Å². The van der Waals surface area contributed by atoms with Gasteiger partial charge in [-0.05, 0) is 19.1 Å². The molecule has 26 heavy (non-hydrogen) atoms. The molecule has 0 spiro atoms. The summed E-state index contributed by atoms with van der Waals surface area (Å²) >= 11 is 0. The predicted molar refractivity (Wildman–Crippen MR) is 91.8 cm³/mol. The van der Waals surface area contributed by atoms with Crippen molar-refractivity contribution in [2.45, 2.75) is 11.8 Å². The molecule has 0 aliphatic carbocycles. The van der Waals surface area contributed by atoms with Crippen LogP contribution in [-0.4, -0.2) is 68.7 Å². The first-order valence-electron chi connectivity index (χ1n) is 8.24. The van der Waals surface area contributed by atoms with Gasteiger partial charge in [-0.2, -0.15) is 4.31 Å². The topological polar surface area (TPSA) is 93.2 Å². The largest absolute Gasteiger partial charge is 0.494 e. The van der Waals surface area contributed by atoms with Crippen molar-refractivity contribution < 1.29 is 27.5 Å². The minimum absolute atomic E-state index is 0.0803. The zero-order valence-corrected chi connectivity index (χ0v) is 15.2. The highest BCUT2D eigenvalue weighted by Crippen LogP contribution is 2.20. The number of sulfonamides is 1. The molecular formula is C17H20N2O6S. The van der Waals surface area contributed by atoms with Crippen LogP contribution in [0.1, 0.15) is 17.3 Å². The van der Waals surface area contributed by atoms with Gasteiger partial charge >= 0.3 is 0 Å². The molecular weight excluding hydrogens is 360 g/mol. The summed E-state index contributed by atoms with van der Waals surface area (Å²) in [5.41, 5.74) is 0.348. The minimum atomic E-state index is -3.72. The van der Waals surface area contributed by atoms with E-state index in [0.29, 0.717) is 18.8 Å². The van der Waals surface area contributed by atoms with Crippen molar-refractivity contribution >= 4 is 21.7 Å². The van der Waals surface area contributed by atoms with Crippen molar-refractivity contribution in [3.05, 3.63) is 41.9 Å². The highest BCUT2D eigenvalue weighted by molar-refractivity contribution is 7.89. The molecule has 1 amide bonds. The molecule has 0 unspecified atom stereocenters. The van der Waals surface area contributed by atoms with Crippen molar-refractivity contribution in [2.75, 3.05) is 39.4 Å². The third-order valence-corrected chi connectivity index (χ3v) is 6.16. The van der Waals surface area contributed by atoms with Crippen LogP contribution in [-0.2, 0) is 24.3 Å². The molecule has 1 saturated heterocycles. The number of rotatable bonds is 4. The lowest BCUT2D eigenvalue weighted by Gasteiger charge is -2.34. The van der Waals surface area contributed by atoms with Crippen LogP contribution in [0.2, 0.25) is 0 Å². The summed E-state index contributed by atoms with van der Waals surface area (Å²) in [5, 5.41) is 0. The van der Waals surface area contributed by atoms with Crippen LogP contribution in [0.3, 0.4) is 0 Å². The number of amides is 1. The maximum atomic E-state index is 12.8. The smallest absolute Gasteiger partial charge is 0.292 e. The van der Waals surface area contributed by atoms with Crippen LogP contribution in [0.25, 0.3) is 0 Å². The van der Waals surface area contributed by atoms with E-state index in [-0.39, 0.29) is 48.5 Å². The van der Waals surface area contributed by atoms with Gasteiger partial charge < -0.3 is 14.4 Å². The van der Waals surface area contributed by atoms with Crippen molar-refractivity contribution in [3.8, 4) is 0 Å². The average molecular weight is 380 g/mol. The first kappa shape index (κ1) is 18.4. The number of ketones is 1. The Labute approximate surface area is 152 Å². The summed E-state index contributed by atoms with van der Waals surface area (Å²) in [4.78, 5) is 25.5. The summed E-state index contributed by atoms with van der Waals surface area (Å²) in [6.07, 6.45) is 1.29. The van der Waals surface area contributed by atoms with E-state index in [1.807, 2.05) is 0 Å². The molecule has 0 radical (unpaired) electrons. The van der Waals surface area contributed by atoms with E-state index in [9.17, 15) is 18.0 Å². The van der Waals surface area contributed by atoms with Crippen molar-refractivity contribution in [1.82, 2.24) is 9.21 Å². The van der Waals surface area contributed by atoms with Crippen molar-refractivity contribution in [1.29, 1.82) is 0 Å². The summed E-state index contributed by atoms with van der Waals surface area (Å²) in [6.45, 7) is 2.97. The Balaban J connectivity index is 1.69. The van der Waals surface area contributed by atoms with Crippen LogP contribution in [0.4, 0.5) is 0 Å². The van der Waals surface area contributed by atoms with E-state index in [2.05, 4.69) is 0 Å². The molecule has 140 valence electrons. The second-order valence-corrected chi connectivity index (χ2v) is 7.92. The van der Waals surface area contributed by atoms with Crippen molar-refractivity contribution in [2.24, 2.45) is 0 Å². The molecule has 1 fully saturated rings. The third kappa shape index (κ3) is 3.73. The van der Waals surface area contributed by atoms with Gasteiger partial charge in [-0.25, -0.2) is 8.42 Å². The van der Waals surface area contributed by atoms with Gasteiger partial charge in [0.2, 0.25) is 15.8 Å². The first-order chi connectivity index (χ1) is 12.4. The number of carbonyl (C=O) groups is 2. The fourth-order valence-electron chi connectivity index (χ4n) is 2.79. The molecule has 0 aromatic heterocycles. The second-order valence-electron chi connectivity index (χ2n) is 5.98. The van der Waals surface area contributed by atoms with E-state index >= 15 is 0 Å². The van der Waals surface area contributed by atoms with E-state index in [4.69, 9.17) is 9.47 Å². The zero-order chi connectivity index (χ0) is 18.7. The Morgan fingerprint density at radius 3 is 2.42 bits per heavy atom. The van der Waals surface area contributed by atoms with Crippen LogP contribution in [0, 0.1) is 0 Å². The fourth-order valence-corrected chi connectivity index (χ4v) is 4.26. The van der Waals surface area contributed by atoms with Gasteiger partial charge in [0.05, 0.1) is 4.90 Å². The molecule has 2 heterocycles. The standard InChI is InChI=1S/C17H20N2O6S/c1-13(20)14-3-2-4-15(11-14)26(22,23)19-7-5-18(6-8-19)17(21)16-12-24-9-10-25-16/h2-4,11-12H,5-10H2,1H3. The quantitative estimate of drug-likeness (QED) is 0.711. The monoisotopic (exact) mass is 380 g/mol. The lowest BCUT2D eigenvalue weighted by Crippen LogP contribution is -2.51. The normalized spacial score (nSPS) is 18.5. The molecule has 0 saturated carbocycles. The lowest BCUT2D eigenvalue weighted by molar-refractivity contribution is -0.133. The van der Waals surface area contributed by atoms with E-state index < -0.39 is 10.0 Å². The molecule has 0 bridgehead atoms. The number of carbonyl (C=O) groups excluding carboxylic acids is 2. The average Bonchev–Trinajstić information content (AvgIpc) is 2.68. The number of ether oxygens (including phenoxy) is 2. The number of Topliss-reactive ketones (excluding diaryl/α,β-unsaturated/α-hetero) is 1. The predicted octanol–water partition coefficient (Wildman–Crippen LogP) is 0.610. The van der Waals surface area contributed by atoms with Gasteiger partial charge in [-0.15, -0.1) is 0 Å². The van der Waals surface area contributed by atoms with Crippen LogP contribution in [0.5, 0.6) is 0 Å². The Morgan fingerprint density at radius 2 is 1.81 bits per heavy atom. The molecule has 2 aliphatic rings. The molecule has 3 rings (SSSR count). The first-order valence-corrected chi connectivity index (χ1v) is 9.68. The number of benzene rings is 1. The summed E-state index contributed by atoms with van der Waals surface area (Å²) in [7, 11) is -3.72. The number of piperazine rings is 1. The zero-order valence-electron chi connectivity index (χ0n) is 14.4. The lowest BCUT2D eigenvalue weighted by atomic mass is 10.2. The van der Waals surface area contributed by atoms with Gasteiger partial charge in [0, 0.05) is 31.7 Å². The Bertz CT molecular complexity index is 841. The number of nitrogens with zero attached hydrogens (tertiary/aromatic N) is 2. The molecule has 2 aliphatic heterocycles. The van der Waals surface area contributed by atoms with Crippen molar-refractivity contribution in [3.63, 3.8) is 0 Å². The van der Waals surface area contributed by atoms with Gasteiger partial charge in [-0.3, -0.25) is 9.59 Å². The Kier molecular flexibility index (Phi) is 5.28. The van der Waals surface area contributed by atoms with E-state index in [0.717, 1.165) is 0 Å². The Morgan fingerprint density at radius 1 is 1.08 bits per heavy atom.